The minimum absolute atomic E-state index is 0.0870. The first-order valence-corrected chi connectivity index (χ1v) is 5.52. The lowest BCUT2D eigenvalue weighted by molar-refractivity contribution is -0.150. The summed E-state index contributed by atoms with van der Waals surface area (Å²) < 4.78 is 4.99. The monoisotopic (exact) mass is 208 g/mol. The third-order valence-electron chi connectivity index (χ3n) is 2.83. The minimum atomic E-state index is -0.101. The van der Waals surface area contributed by atoms with Crippen LogP contribution in [0.3, 0.4) is 0 Å². The van der Waals surface area contributed by atoms with E-state index >= 15 is 0 Å². The summed E-state index contributed by atoms with van der Waals surface area (Å²) >= 11 is 0. The summed E-state index contributed by atoms with van der Waals surface area (Å²) in [6.45, 7) is 9.04. The number of esters is 1. The number of cyclic esters (lactones) is 1. The molecule has 1 aliphatic heterocycles. The van der Waals surface area contributed by atoms with Crippen molar-refractivity contribution in [3.05, 3.63) is 17.4 Å². The molecule has 0 spiro atoms. The molecule has 15 heavy (non-hydrogen) atoms. The Hall–Kier alpha value is -1.01. The Kier molecular flexibility index (Phi) is 3.76. The number of hydrogen-bond acceptors (Lipinski definition) is 2. The van der Waals surface area contributed by atoms with Gasteiger partial charge in [-0.1, -0.05) is 20.8 Å². The lowest BCUT2D eigenvalue weighted by atomic mass is 9.88. The van der Waals surface area contributed by atoms with Gasteiger partial charge in [-0.2, -0.15) is 0 Å². The Morgan fingerprint density at radius 2 is 2.20 bits per heavy atom. The summed E-state index contributed by atoms with van der Waals surface area (Å²) in [7, 11) is 0. The van der Waals surface area contributed by atoms with Gasteiger partial charge in [0.15, 0.2) is 0 Å². The summed E-state index contributed by atoms with van der Waals surface area (Å²) in [5.41, 5.74) is 4.50. The first kappa shape index (κ1) is 12.1. The van der Waals surface area contributed by atoms with E-state index in [-0.39, 0.29) is 17.3 Å². The maximum atomic E-state index is 11.4. The van der Waals surface area contributed by atoms with Crippen LogP contribution in [0.1, 0.15) is 40.5 Å². The summed E-state index contributed by atoms with van der Waals surface area (Å²) in [6.07, 6.45) is 3.72. The van der Waals surface area contributed by atoms with E-state index in [4.69, 9.17) is 4.74 Å². The van der Waals surface area contributed by atoms with Crippen molar-refractivity contribution in [2.45, 2.75) is 40.5 Å². The van der Waals surface area contributed by atoms with Gasteiger partial charge in [0.2, 0.25) is 0 Å². The molecular formula is C13H20O2. The molecule has 2 heteroatoms. The summed E-state index contributed by atoms with van der Waals surface area (Å²) in [5, 5.41) is 0. The first-order chi connectivity index (χ1) is 6.91. The van der Waals surface area contributed by atoms with E-state index in [1.807, 2.05) is 13.0 Å². The molecule has 1 aliphatic rings. The highest BCUT2D eigenvalue weighted by Gasteiger charge is 2.21. The molecule has 0 aromatic rings. The van der Waals surface area contributed by atoms with Crippen LogP contribution in [-0.4, -0.2) is 12.6 Å². The predicted octanol–water partition coefficient (Wildman–Crippen LogP) is 3.09. The summed E-state index contributed by atoms with van der Waals surface area (Å²) in [5.74, 6) is -0.188. The van der Waals surface area contributed by atoms with Gasteiger partial charge in [0.1, 0.15) is 0 Å². The van der Waals surface area contributed by atoms with Crippen LogP contribution in [0.4, 0.5) is 0 Å². The van der Waals surface area contributed by atoms with Crippen molar-refractivity contribution < 1.29 is 9.53 Å². The fraction of sp³-hybridized carbons (Fsp3) is 0.692. The number of carbonyl (C=O) groups is 1. The quantitative estimate of drug-likeness (QED) is 0.489. The summed E-state index contributed by atoms with van der Waals surface area (Å²) in [6, 6.07) is 0. The van der Waals surface area contributed by atoms with Crippen molar-refractivity contribution >= 4 is 5.97 Å². The van der Waals surface area contributed by atoms with E-state index in [1.54, 1.807) is 0 Å². The molecule has 0 aromatic heterocycles. The van der Waals surface area contributed by atoms with Crippen molar-refractivity contribution in [1.29, 1.82) is 0 Å². The van der Waals surface area contributed by atoms with Crippen LogP contribution in [0.5, 0.6) is 0 Å². The maximum Gasteiger partial charge on any atom is 0.313 e. The SMILES string of the molecule is CC(=C=CC1CCCOC1=O)C(C)(C)C. The standard InChI is InChI=1S/C13H20O2/c1-10(13(2,3)4)7-8-11-6-5-9-15-12(11)14/h8,11H,5-6,9H2,1-4H3. The molecule has 2 nitrogen and oxygen atoms in total. The van der Waals surface area contributed by atoms with Gasteiger partial charge in [0.05, 0.1) is 12.5 Å². The van der Waals surface area contributed by atoms with Crippen LogP contribution >= 0.6 is 0 Å². The van der Waals surface area contributed by atoms with Gasteiger partial charge >= 0.3 is 5.97 Å². The first-order valence-electron chi connectivity index (χ1n) is 5.52. The van der Waals surface area contributed by atoms with Crippen molar-refractivity contribution in [3.63, 3.8) is 0 Å². The van der Waals surface area contributed by atoms with Crippen LogP contribution in [0.15, 0.2) is 17.4 Å². The van der Waals surface area contributed by atoms with E-state index < -0.39 is 0 Å². The molecule has 0 aromatic carbocycles. The van der Waals surface area contributed by atoms with Crippen LogP contribution < -0.4 is 0 Å². The summed E-state index contributed by atoms with van der Waals surface area (Å²) in [4.78, 5) is 11.4. The molecule has 0 aliphatic carbocycles. The maximum absolute atomic E-state index is 11.4. The van der Waals surface area contributed by atoms with Gasteiger partial charge in [0.25, 0.3) is 0 Å². The molecule has 1 atom stereocenters. The fourth-order valence-electron chi connectivity index (χ4n) is 1.29. The van der Waals surface area contributed by atoms with Crippen molar-refractivity contribution in [1.82, 2.24) is 0 Å². The van der Waals surface area contributed by atoms with Crippen molar-refractivity contribution in [2.75, 3.05) is 6.61 Å². The number of carbonyl (C=O) groups excluding carboxylic acids is 1. The topological polar surface area (TPSA) is 26.3 Å². The van der Waals surface area contributed by atoms with Crippen LogP contribution in [0.25, 0.3) is 0 Å². The normalized spacial score (nSPS) is 21.6. The second-order valence-electron chi connectivity index (χ2n) is 5.10. The molecule has 0 N–H and O–H groups in total. The molecule has 1 unspecified atom stereocenters. The zero-order valence-corrected chi connectivity index (χ0v) is 10.1. The van der Waals surface area contributed by atoms with E-state index in [2.05, 4.69) is 26.5 Å². The molecule has 0 radical (unpaired) electrons. The Bertz CT molecular complexity index is 301. The molecule has 1 fully saturated rings. The largest absolute Gasteiger partial charge is 0.465 e. The average Bonchev–Trinajstić information content (AvgIpc) is 2.14. The Morgan fingerprint density at radius 1 is 1.53 bits per heavy atom. The number of rotatable bonds is 1. The highest BCUT2D eigenvalue weighted by molar-refractivity contribution is 5.74. The Labute approximate surface area is 92.0 Å². The molecule has 0 saturated carbocycles. The van der Waals surface area contributed by atoms with Gasteiger partial charge in [-0.05, 0) is 36.8 Å². The lowest BCUT2D eigenvalue weighted by Crippen LogP contribution is -2.22. The fourth-order valence-corrected chi connectivity index (χ4v) is 1.29. The highest BCUT2D eigenvalue weighted by atomic mass is 16.5. The zero-order chi connectivity index (χ0) is 11.5. The smallest absolute Gasteiger partial charge is 0.313 e. The molecular weight excluding hydrogens is 188 g/mol. The molecule has 1 rings (SSSR count). The lowest BCUT2D eigenvalue weighted by Gasteiger charge is -2.19. The van der Waals surface area contributed by atoms with Gasteiger partial charge in [0, 0.05) is 0 Å². The van der Waals surface area contributed by atoms with Crippen LogP contribution in [0.2, 0.25) is 0 Å². The highest BCUT2D eigenvalue weighted by Crippen LogP contribution is 2.24. The molecule has 1 heterocycles. The number of ether oxygens (including phenoxy) is 1. The van der Waals surface area contributed by atoms with Gasteiger partial charge in [-0.25, -0.2) is 0 Å². The molecule has 0 amide bonds. The minimum Gasteiger partial charge on any atom is -0.465 e. The predicted molar refractivity (Wildman–Crippen MR) is 60.4 cm³/mol. The zero-order valence-electron chi connectivity index (χ0n) is 10.1. The molecule has 0 bridgehead atoms. The van der Waals surface area contributed by atoms with Gasteiger partial charge in [-0.15, -0.1) is 5.73 Å². The third-order valence-corrected chi connectivity index (χ3v) is 2.83. The van der Waals surface area contributed by atoms with E-state index in [0.717, 1.165) is 12.8 Å². The van der Waals surface area contributed by atoms with Crippen LogP contribution in [-0.2, 0) is 9.53 Å². The van der Waals surface area contributed by atoms with E-state index in [9.17, 15) is 4.79 Å². The Balaban J connectivity index is 2.75. The molecule has 84 valence electrons. The van der Waals surface area contributed by atoms with Crippen molar-refractivity contribution in [3.8, 4) is 0 Å². The molecule has 1 saturated heterocycles. The van der Waals surface area contributed by atoms with E-state index in [1.165, 1.54) is 5.57 Å². The second-order valence-corrected chi connectivity index (χ2v) is 5.10. The van der Waals surface area contributed by atoms with Crippen LogP contribution in [0, 0.1) is 11.3 Å². The third kappa shape index (κ3) is 3.56. The van der Waals surface area contributed by atoms with Crippen molar-refractivity contribution in [2.24, 2.45) is 11.3 Å². The van der Waals surface area contributed by atoms with Gasteiger partial charge in [-0.3, -0.25) is 4.79 Å². The van der Waals surface area contributed by atoms with Gasteiger partial charge < -0.3 is 4.74 Å². The van der Waals surface area contributed by atoms with E-state index in [0.29, 0.717) is 6.61 Å². The Morgan fingerprint density at radius 3 is 2.73 bits per heavy atom. The average molecular weight is 208 g/mol. The second kappa shape index (κ2) is 4.67. The number of hydrogen-bond donors (Lipinski definition) is 0.